The van der Waals surface area contributed by atoms with E-state index in [0.29, 0.717) is 12.8 Å². The van der Waals surface area contributed by atoms with Crippen molar-refractivity contribution in [3.05, 3.63) is 0 Å². The second kappa shape index (κ2) is 3.81. The van der Waals surface area contributed by atoms with Gasteiger partial charge in [-0.25, -0.2) is 0 Å². The smallest absolute Gasteiger partial charge is 0.319 e. The Labute approximate surface area is 144 Å². The molecule has 0 amide bonds. The molecule has 0 N–H and O–H groups in total. The van der Waals surface area contributed by atoms with E-state index in [9.17, 15) is 14.4 Å². The van der Waals surface area contributed by atoms with Gasteiger partial charge in [0.1, 0.15) is 41.1 Å². The summed E-state index contributed by atoms with van der Waals surface area (Å²) in [5.74, 6) is -1.46. The standard InChI is InChI=1S/C15H13BrO8/c16-3-8(17)24-13-2-7-14(11(18)20-4-13)6-1-5-9(22-6)15(14,10(13)23-7)12(19)21-5/h5-7,9-10H,1-4H2/t5?,6?,7?,9?,10?,13-,14?,15?/m0/s1. The maximum absolute atomic E-state index is 13.0. The van der Waals surface area contributed by atoms with Crippen LogP contribution in [0, 0.1) is 10.8 Å². The van der Waals surface area contributed by atoms with Crippen LogP contribution in [0.2, 0.25) is 0 Å². The molecule has 7 saturated heterocycles. The number of halogens is 1. The van der Waals surface area contributed by atoms with Gasteiger partial charge in [0.2, 0.25) is 0 Å². The first-order chi connectivity index (χ1) is 11.5. The Morgan fingerprint density at radius 1 is 1.21 bits per heavy atom. The van der Waals surface area contributed by atoms with Crippen molar-refractivity contribution in [3.8, 4) is 0 Å². The van der Waals surface area contributed by atoms with E-state index in [0.717, 1.165) is 0 Å². The number of alkyl halides is 1. The van der Waals surface area contributed by atoms with Crippen LogP contribution < -0.4 is 0 Å². The largest absolute Gasteiger partial charge is 0.461 e. The van der Waals surface area contributed by atoms with Gasteiger partial charge in [0.25, 0.3) is 0 Å². The Bertz CT molecular complexity index is 724. The van der Waals surface area contributed by atoms with Crippen molar-refractivity contribution in [1.29, 1.82) is 0 Å². The maximum Gasteiger partial charge on any atom is 0.319 e. The lowest BCUT2D eigenvalue weighted by atomic mass is 9.48. The van der Waals surface area contributed by atoms with E-state index in [4.69, 9.17) is 23.7 Å². The van der Waals surface area contributed by atoms with Crippen LogP contribution in [-0.2, 0) is 38.1 Å². The number of ether oxygens (including phenoxy) is 5. The molecule has 9 heteroatoms. The average molecular weight is 401 g/mol. The maximum atomic E-state index is 13.0. The normalized spacial score (nSPS) is 57.8. The lowest BCUT2D eigenvalue weighted by Crippen LogP contribution is -2.67. The molecule has 7 aliphatic heterocycles. The molecule has 0 aliphatic carbocycles. The summed E-state index contributed by atoms with van der Waals surface area (Å²) in [4.78, 5) is 37.9. The molecule has 0 aromatic carbocycles. The van der Waals surface area contributed by atoms with Crippen LogP contribution >= 0.6 is 15.9 Å². The summed E-state index contributed by atoms with van der Waals surface area (Å²) < 4.78 is 28.8. The van der Waals surface area contributed by atoms with Crippen LogP contribution in [0.5, 0.6) is 0 Å². The summed E-state index contributed by atoms with van der Waals surface area (Å²) in [6.45, 7) is -0.105. The van der Waals surface area contributed by atoms with Crippen LogP contribution in [0.3, 0.4) is 0 Å². The minimum Gasteiger partial charge on any atom is -0.461 e. The lowest BCUT2D eigenvalue weighted by Gasteiger charge is -2.45. The third kappa shape index (κ3) is 1.06. The second-order valence-corrected chi connectivity index (χ2v) is 7.98. The van der Waals surface area contributed by atoms with Gasteiger partial charge in [-0.2, -0.15) is 0 Å². The first-order valence-electron chi connectivity index (χ1n) is 7.98. The van der Waals surface area contributed by atoms with Crippen LogP contribution in [0.15, 0.2) is 0 Å². The van der Waals surface area contributed by atoms with E-state index >= 15 is 0 Å². The molecule has 6 bridgehead atoms. The van der Waals surface area contributed by atoms with E-state index in [1.54, 1.807) is 0 Å². The fraction of sp³-hybridized carbons (Fsp3) is 0.800. The third-order valence-electron chi connectivity index (χ3n) is 6.77. The Kier molecular flexibility index (Phi) is 2.23. The topological polar surface area (TPSA) is 97.4 Å². The van der Waals surface area contributed by atoms with Crippen LogP contribution in [-0.4, -0.2) is 66.0 Å². The van der Waals surface area contributed by atoms with Crippen molar-refractivity contribution < 1.29 is 38.1 Å². The van der Waals surface area contributed by atoms with Gasteiger partial charge in [-0.1, -0.05) is 15.9 Å². The molecular formula is C15H13BrO8. The van der Waals surface area contributed by atoms with E-state index in [1.165, 1.54) is 0 Å². The predicted molar refractivity (Wildman–Crippen MR) is 74.9 cm³/mol. The summed E-state index contributed by atoms with van der Waals surface area (Å²) >= 11 is 3.07. The number of fused-ring (bicyclic) bond motifs is 3. The fourth-order valence-corrected chi connectivity index (χ4v) is 6.34. The van der Waals surface area contributed by atoms with Crippen molar-refractivity contribution in [2.45, 2.75) is 49.0 Å². The number of hydrogen-bond donors (Lipinski definition) is 0. The molecule has 7 aliphatic rings. The highest BCUT2D eigenvalue weighted by atomic mass is 79.9. The quantitative estimate of drug-likeness (QED) is 0.346. The number of esters is 3. The minimum absolute atomic E-state index is 0.00779. The number of hydrogen-bond acceptors (Lipinski definition) is 8. The number of rotatable bonds is 2. The molecule has 0 radical (unpaired) electrons. The molecule has 2 spiro atoms. The average Bonchev–Trinajstić information content (AvgIpc) is 3.26. The molecule has 24 heavy (non-hydrogen) atoms. The minimum atomic E-state index is -1.26. The number of carbonyl (C=O) groups is 3. The summed E-state index contributed by atoms with van der Waals surface area (Å²) in [7, 11) is 0. The SMILES string of the molecule is O=C(CBr)O[C@@]12COC(=O)C34C5CC6OC(=O)C3(C6O5)C1OC4C2. The van der Waals surface area contributed by atoms with Crippen molar-refractivity contribution >= 4 is 33.8 Å². The molecule has 8 nitrogen and oxygen atoms in total. The zero-order valence-corrected chi connectivity index (χ0v) is 13.9. The summed E-state index contributed by atoms with van der Waals surface area (Å²) in [6.07, 6.45) is -1.90. The predicted octanol–water partition coefficient (Wildman–Crippen LogP) is -0.540. The van der Waals surface area contributed by atoms with Crippen molar-refractivity contribution in [2.75, 3.05) is 11.9 Å². The Morgan fingerprint density at radius 3 is 2.83 bits per heavy atom. The van der Waals surface area contributed by atoms with E-state index in [-0.39, 0.29) is 18.0 Å². The molecular weight excluding hydrogens is 388 g/mol. The van der Waals surface area contributed by atoms with Gasteiger partial charge in [-0.15, -0.1) is 0 Å². The van der Waals surface area contributed by atoms with Gasteiger partial charge in [0.15, 0.2) is 5.60 Å². The molecule has 0 aromatic rings. The van der Waals surface area contributed by atoms with Crippen molar-refractivity contribution in [3.63, 3.8) is 0 Å². The highest BCUT2D eigenvalue weighted by Crippen LogP contribution is 2.77. The van der Waals surface area contributed by atoms with Crippen molar-refractivity contribution in [1.82, 2.24) is 0 Å². The Morgan fingerprint density at radius 2 is 2.04 bits per heavy atom. The molecule has 0 aromatic heterocycles. The monoisotopic (exact) mass is 400 g/mol. The summed E-state index contributed by atoms with van der Waals surface area (Å²) in [6, 6.07) is 0. The molecule has 7 unspecified atom stereocenters. The van der Waals surface area contributed by atoms with Gasteiger partial charge < -0.3 is 23.7 Å². The van der Waals surface area contributed by atoms with E-state index in [1.807, 2.05) is 0 Å². The van der Waals surface area contributed by atoms with Crippen LogP contribution in [0.4, 0.5) is 0 Å². The molecule has 7 rings (SSSR count). The molecule has 128 valence electrons. The van der Waals surface area contributed by atoms with Gasteiger partial charge >= 0.3 is 17.9 Å². The summed E-state index contributed by atoms with van der Waals surface area (Å²) in [5.41, 5.74) is -3.59. The molecule has 7 heterocycles. The van der Waals surface area contributed by atoms with Crippen LogP contribution in [0.25, 0.3) is 0 Å². The fourth-order valence-electron chi connectivity index (χ4n) is 6.23. The molecule has 0 saturated carbocycles. The highest BCUT2D eigenvalue weighted by molar-refractivity contribution is 9.09. The van der Waals surface area contributed by atoms with Gasteiger partial charge in [0, 0.05) is 12.8 Å². The van der Waals surface area contributed by atoms with Gasteiger partial charge in [-0.05, 0) is 0 Å². The first-order valence-corrected chi connectivity index (χ1v) is 9.10. The molecule has 8 atom stereocenters. The van der Waals surface area contributed by atoms with E-state index < -0.39 is 58.8 Å². The second-order valence-electron chi connectivity index (χ2n) is 7.42. The van der Waals surface area contributed by atoms with Gasteiger partial charge in [0.05, 0.1) is 12.2 Å². The van der Waals surface area contributed by atoms with Crippen molar-refractivity contribution in [2.24, 2.45) is 10.8 Å². The molecule has 7 fully saturated rings. The number of carbonyl (C=O) groups excluding carboxylic acids is 3. The van der Waals surface area contributed by atoms with E-state index in [2.05, 4.69) is 15.9 Å². The zero-order chi connectivity index (χ0) is 16.5. The zero-order valence-electron chi connectivity index (χ0n) is 12.4. The third-order valence-corrected chi connectivity index (χ3v) is 7.23. The Balaban J connectivity index is 1.60. The first kappa shape index (κ1) is 14.0. The lowest BCUT2D eigenvalue weighted by molar-refractivity contribution is -0.183. The highest BCUT2D eigenvalue weighted by Gasteiger charge is 2.96. The van der Waals surface area contributed by atoms with Crippen LogP contribution in [0.1, 0.15) is 12.8 Å². The Hall–Kier alpha value is -1.19. The summed E-state index contributed by atoms with van der Waals surface area (Å²) in [5, 5.41) is 0.00779. The van der Waals surface area contributed by atoms with Gasteiger partial charge in [-0.3, -0.25) is 14.4 Å².